The van der Waals surface area contributed by atoms with Crippen LogP contribution in [0.1, 0.15) is 33.2 Å². The van der Waals surface area contributed by atoms with Gasteiger partial charge in [0.1, 0.15) is 10.6 Å². The molecule has 8 heteroatoms. The molecular formula is C21H18N2O5S. The number of rotatable bonds is 6. The summed E-state index contributed by atoms with van der Waals surface area (Å²) >= 11 is 1.16. The van der Waals surface area contributed by atoms with E-state index in [1.165, 1.54) is 12.1 Å². The zero-order valence-electron chi connectivity index (χ0n) is 15.8. The normalized spacial score (nSPS) is 10.4. The van der Waals surface area contributed by atoms with E-state index in [1.807, 2.05) is 13.0 Å². The summed E-state index contributed by atoms with van der Waals surface area (Å²) in [5.74, 6) is -0.957. The first-order valence-corrected chi connectivity index (χ1v) is 9.70. The zero-order chi connectivity index (χ0) is 21.0. The highest BCUT2D eigenvalue weighted by molar-refractivity contribution is 7.15. The first-order chi connectivity index (χ1) is 13.9. The fourth-order valence-electron chi connectivity index (χ4n) is 2.82. The van der Waals surface area contributed by atoms with E-state index in [-0.39, 0.29) is 23.8 Å². The predicted molar refractivity (Wildman–Crippen MR) is 111 cm³/mol. The number of aryl methyl sites for hydroxylation is 1. The number of hydrogen-bond donors (Lipinski definition) is 1. The molecule has 1 aromatic heterocycles. The van der Waals surface area contributed by atoms with Crippen LogP contribution in [-0.4, -0.2) is 23.4 Å². The van der Waals surface area contributed by atoms with Gasteiger partial charge in [0.2, 0.25) is 0 Å². The summed E-state index contributed by atoms with van der Waals surface area (Å²) in [6.07, 6.45) is 0. The van der Waals surface area contributed by atoms with Crippen molar-refractivity contribution in [1.29, 1.82) is 0 Å². The van der Waals surface area contributed by atoms with Crippen LogP contribution in [0, 0.1) is 17.0 Å². The number of non-ortho nitro benzene ring substituents is 1. The number of thiophene rings is 1. The molecule has 2 aromatic carbocycles. The Morgan fingerprint density at radius 3 is 2.62 bits per heavy atom. The number of nitrogens with one attached hydrogen (secondary N) is 1. The Hall–Kier alpha value is -3.52. The van der Waals surface area contributed by atoms with Crippen LogP contribution in [-0.2, 0) is 4.74 Å². The molecule has 3 rings (SSSR count). The van der Waals surface area contributed by atoms with E-state index in [9.17, 15) is 19.7 Å². The number of ether oxygens (including phenoxy) is 1. The Bertz CT molecular complexity index is 1090. The molecule has 29 heavy (non-hydrogen) atoms. The summed E-state index contributed by atoms with van der Waals surface area (Å²) in [6, 6.07) is 13.1. The third kappa shape index (κ3) is 4.49. The SMILES string of the molecule is CCOC(=O)c1c(-c2cccc([N+](=O)[O-])c2)csc1NC(=O)c1cccc(C)c1. The molecule has 0 aliphatic rings. The van der Waals surface area contributed by atoms with Gasteiger partial charge in [-0.05, 0) is 31.5 Å². The Morgan fingerprint density at radius 2 is 1.93 bits per heavy atom. The number of carbonyl (C=O) groups is 2. The number of anilines is 1. The summed E-state index contributed by atoms with van der Waals surface area (Å²) in [4.78, 5) is 35.9. The standard InChI is InChI=1S/C21H18N2O5S/c1-3-28-21(25)18-17(14-7-5-9-16(11-14)23(26)27)12-29-20(18)22-19(24)15-8-4-6-13(2)10-15/h4-12H,3H2,1-2H3,(H,22,24). The maximum Gasteiger partial charge on any atom is 0.341 e. The van der Waals surface area contributed by atoms with Crippen LogP contribution < -0.4 is 5.32 Å². The van der Waals surface area contributed by atoms with E-state index in [2.05, 4.69) is 5.32 Å². The minimum atomic E-state index is -0.602. The van der Waals surface area contributed by atoms with Gasteiger partial charge in [0.25, 0.3) is 11.6 Å². The van der Waals surface area contributed by atoms with Gasteiger partial charge in [-0.2, -0.15) is 0 Å². The van der Waals surface area contributed by atoms with Crippen LogP contribution in [0.3, 0.4) is 0 Å². The molecule has 0 radical (unpaired) electrons. The average molecular weight is 410 g/mol. The fourth-order valence-corrected chi connectivity index (χ4v) is 3.77. The molecule has 7 nitrogen and oxygen atoms in total. The van der Waals surface area contributed by atoms with Gasteiger partial charge in [0.15, 0.2) is 0 Å². The summed E-state index contributed by atoms with van der Waals surface area (Å²) in [5, 5.41) is 15.9. The lowest BCUT2D eigenvalue weighted by atomic mass is 10.0. The first kappa shape index (κ1) is 20.2. The van der Waals surface area contributed by atoms with Gasteiger partial charge in [-0.3, -0.25) is 14.9 Å². The highest BCUT2D eigenvalue weighted by atomic mass is 32.1. The van der Waals surface area contributed by atoms with Crippen LogP contribution in [0.25, 0.3) is 11.1 Å². The number of amides is 1. The van der Waals surface area contributed by atoms with Crippen molar-refractivity contribution in [3.63, 3.8) is 0 Å². The number of nitrogens with zero attached hydrogens (tertiary/aromatic N) is 1. The minimum absolute atomic E-state index is 0.0890. The maximum absolute atomic E-state index is 12.6. The molecule has 1 heterocycles. The average Bonchev–Trinajstić information content (AvgIpc) is 3.12. The van der Waals surface area contributed by atoms with Crippen LogP contribution in [0.2, 0.25) is 0 Å². The Kier molecular flexibility index (Phi) is 6.04. The third-order valence-electron chi connectivity index (χ3n) is 4.15. The predicted octanol–water partition coefficient (Wildman–Crippen LogP) is 5.06. The second-order valence-electron chi connectivity index (χ2n) is 6.21. The van der Waals surface area contributed by atoms with Crippen molar-refractivity contribution in [2.45, 2.75) is 13.8 Å². The number of carbonyl (C=O) groups excluding carboxylic acids is 2. The van der Waals surface area contributed by atoms with Gasteiger partial charge >= 0.3 is 5.97 Å². The lowest BCUT2D eigenvalue weighted by Gasteiger charge is -2.09. The molecule has 0 bridgehead atoms. The van der Waals surface area contributed by atoms with Crippen molar-refractivity contribution in [2.75, 3.05) is 11.9 Å². The van der Waals surface area contributed by atoms with E-state index in [0.717, 1.165) is 16.9 Å². The smallest absolute Gasteiger partial charge is 0.341 e. The van der Waals surface area contributed by atoms with Crippen LogP contribution in [0.4, 0.5) is 10.7 Å². The Balaban J connectivity index is 2.02. The monoisotopic (exact) mass is 410 g/mol. The molecule has 0 saturated heterocycles. The number of benzene rings is 2. The molecule has 148 valence electrons. The molecule has 1 amide bonds. The number of nitro groups is 1. The molecule has 0 unspecified atom stereocenters. The van der Waals surface area contributed by atoms with Gasteiger partial charge in [0, 0.05) is 28.6 Å². The Morgan fingerprint density at radius 1 is 1.17 bits per heavy atom. The minimum Gasteiger partial charge on any atom is -0.462 e. The second kappa shape index (κ2) is 8.66. The van der Waals surface area contributed by atoms with Crippen LogP contribution >= 0.6 is 11.3 Å². The zero-order valence-corrected chi connectivity index (χ0v) is 16.6. The topological polar surface area (TPSA) is 98.5 Å². The van der Waals surface area contributed by atoms with Gasteiger partial charge in [-0.25, -0.2) is 4.79 Å². The molecule has 0 fully saturated rings. The van der Waals surface area contributed by atoms with E-state index >= 15 is 0 Å². The first-order valence-electron chi connectivity index (χ1n) is 8.82. The van der Waals surface area contributed by atoms with Gasteiger partial charge in [-0.15, -0.1) is 11.3 Å². The fraction of sp³-hybridized carbons (Fsp3) is 0.143. The summed E-state index contributed by atoms with van der Waals surface area (Å²) < 4.78 is 5.16. The molecule has 0 aliphatic carbocycles. The molecule has 0 atom stereocenters. The second-order valence-corrected chi connectivity index (χ2v) is 7.08. The van der Waals surface area contributed by atoms with Gasteiger partial charge in [-0.1, -0.05) is 29.8 Å². The van der Waals surface area contributed by atoms with E-state index in [4.69, 9.17) is 4.74 Å². The molecule has 0 aliphatic heterocycles. The van der Waals surface area contributed by atoms with E-state index in [0.29, 0.717) is 21.7 Å². The van der Waals surface area contributed by atoms with Crippen molar-refractivity contribution >= 4 is 33.9 Å². The highest BCUT2D eigenvalue weighted by Crippen LogP contribution is 2.37. The van der Waals surface area contributed by atoms with Crippen molar-refractivity contribution in [3.8, 4) is 11.1 Å². The van der Waals surface area contributed by atoms with Crippen molar-refractivity contribution in [1.82, 2.24) is 0 Å². The van der Waals surface area contributed by atoms with E-state index < -0.39 is 10.9 Å². The number of esters is 1. The number of hydrogen-bond acceptors (Lipinski definition) is 6. The van der Waals surface area contributed by atoms with Gasteiger partial charge in [0.05, 0.1) is 11.5 Å². The van der Waals surface area contributed by atoms with Crippen molar-refractivity contribution < 1.29 is 19.2 Å². The lowest BCUT2D eigenvalue weighted by molar-refractivity contribution is -0.384. The summed E-state index contributed by atoms with van der Waals surface area (Å²) in [7, 11) is 0. The maximum atomic E-state index is 12.6. The molecule has 0 saturated carbocycles. The Labute approximate surface area is 171 Å². The lowest BCUT2D eigenvalue weighted by Crippen LogP contribution is -2.15. The number of nitro benzene ring substituents is 1. The molecular weight excluding hydrogens is 392 g/mol. The van der Waals surface area contributed by atoms with Crippen molar-refractivity contribution in [3.05, 3.63) is 80.7 Å². The van der Waals surface area contributed by atoms with E-state index in [1.54, 1.807) is 42.6 Å². The van der Waals surface area contributed by atoms with Crippen LogP contribution in [0.5, 0.6) is 0 Å². The highest BCUT2D eigenvalue weighted by Gasteiger charge is 2.24. The van der Waals surface area contributed by atoms with Crippen LogP contribution in [0.15, 0.2) is 53.9 Å². The molecule has 1 N–H and O–H groups in total. The summed E-state index contributed by atoms with van der Waals surface area (Å²) in [5.41, 5.74) is 2.45. The molecule has 0 spiro atoms. The third-order valence-corrected chi connectivity index (χ3v) is 5.04. The van der Waals surface area contributed by atoms with Crippen molar-refractivity contribution in [2.24, 2.45) is 0 Å². The largest absolute Gasteiger partial charge is 0.462 e. The van der Waals surface area contributed by atoms with Gasteiger partial charge < -0.3 is 10.1 Å². The molecule has 3 aromatic rings. The quantitative estimate of drug-likeness (QED) is 0.348. The summed E-state index contributed by atoms with van der Waals surface area (Å²) in [6.45, 7) is 3.73.